The first-order valence-electron chi connectivity index (χ1n) is 2.07. The molecule has 0 saturated heterocycles. The molecule has 7 heavy (non-hydrogen) atoms. The Labute approximate surface area is 42.3 Å². The molecule has 0 saturated carbocycles. The molecule has 2 nitrogen and oxygen atoms in total. The van der Waals surface area contributed by atoms with Crippen molar-refractivity contribution in [3.8, 4) is 0 Å². The van der Waals surface area contributed by atoms with E-state index in [4.69, 9.17) is 5.31 Å². The molecule has 1 rings (SSSR count). The van der Waals surface area contributed by atoms with E-state index >= 15 is 0 Å². The fourth-order valence-electron chi connectivity index (χ4n) is 0.434. The Hall–Kier alpha value is -0.855. The Morgan fingerprint density at radius 3 is 2.86 bits per heavy atom. The van der Waals surface area contributed by atoms with Crippen LogP contribution in [0.2, 0.25) is 0 Å². The van der Waals surface area contributed by atoms with E-state index in [0.29, 0.717) is 0 Å². The van der Waals surface area contributed by atoms with E-state index in [1.165, 1.54) is 7.07 Å². The van der Waals surface area contributed by atoms with E-state index in [9.17, 15) is 0 Å². The summed E-state index contributed by atoms with van der Waals surface area (Å²) in [5.74, 6) is 0. The second-order valence-electron chi connectivity index (χ2n) is 1.27. The molecule has 0 atom stereocenters. The van der Waals surface area contributed by atoms with E-state index < -0.39 is 0 Å². The van der Waals surface area contributed by atoms with Crippen LogP contribution in [-0.4, -0.2) is 12.1 Å². The van der Waals surface area contributed by atoms with Crippen molar-refractivity contribution in [1.82, 2.24) is 4.98 Å². The molecule has 1 heterocycles. The van der Waals surface area contributed by atoms with Gasteiger partial charge in [0, 0.05) is 0 Å². The van der Waals surface area contributed by atoms with Crippen molar-refractivity contribution >= 4 is 12.7 Å². The molecular weight excluding hydrogens is 86.9 g/mol. The first-order chi connectivity index (χ1) is 3.43. The molecule has 2 N–H and O–H groups in total. The third kappa shape index (κ3) is 0.767. The maximum atomic E-state index is 6.70. The van der Waals surface area contributed by atoms with Gasteiger partial charge in [-0.2, -0.15) is 0 Å². The van der Waals surface area contributed by atoms with Gasteiger partial charge < -0.3 is 0 Å². The average molecular weight is 91.9 g/mol. The normalized spacial score (nSPS) is 8.00. The Balaban J connectivity index is 2.96. The van der Waals surface area contributed by atoms with Crippen LogP contribution in [0.25, 0.3) is 0 Å². The Bertz CT molecular complexity index is 145. The third-order valence-corrected chi connectivity index (χ3v) is 0.778. The first kappa shape index (κ1) is 4.31. The SMILES string of the molecule is N=Bc1ccc[nH]1. The van der Waals surface area contributed by atoms with Gasteiger partial charge in [0.1, 0.15) is 0 Å². The maximum absolute atomic E-state index is 6.70. The molecule has 0 amide bonds. The van der Waals surface area contributed by atoms with Gasteiger partial charge in [0.2, 0.25) is 0 Å². The van der Waals surface area contributed by atoms with Crippen molar-refractivity contribution in [2.24, 2.45) is 0 Å². The molecule has 3 heteroatoms. The van der Waals surface area contributed by atoms with Gasteiger partial charge in [-0.15, -0.1) is 0 Å². The van der Waals surface area contributed by atoms with Crippen LogP contribution in [0.3, 0.4) is 0 Å². The zero-order chi connectivity index (χ0) is 5.11. The number of nitrogens with one attached hydrogen (secondary N) is 2. The summed E-state index contributed by atoms with van der Waals surface area (Å²) in [4.78, 5) is 2.84. The van der Waals surface area contributed by atoms with Crippen LogP contribution in [0.4, 0.5) is 0 Å². The number of rotatable bonds is 1. The molecule has 0 aromatic carbocycles. The monoisotopic (exact) mass is 92.1 g/mol. The molecule has 0 radical (unpaired) electrons. The molecule has 0 aliphatic carbocycles. The van der Waals surface area contributed by atoms with Crippen LogP contribution in [0.15, 0.2) is 18.3 Å². The summed E-state index contributed by atoms with van der Waals surface area (Å²) in [5, 5.41) is 6.70. The number of aromatic amines is 1. The molecule has 1 aromatic rings. The molecule has 0 unspecified atom stereocenters. The van der Waals surface area contributed by atoms with Crippen molar-refractivity contribution in [3.05, 3.63) is 18.3 Å². The molecule has 0 bridgehead atoms. The van der Waals surface area contributed by atoms with Crippen LogP contribution in [0.5, 0.6) is 0 Å². The second-order valence-corrected chi connectivity index (χ2v) is 1.27. The molecular formula is C4H5BN2. The topological polar surface area (TPSA) is 39.6 Å². The molecule has 0 aliphatic heterocycles. The van der Waals surface area contributed by atoms with Crippen LogP contribution in [0.1, 0.15) is 0 Å². The molecule has 0 spiro atoms. The molecule has 34 valence electrons. The average Bonchev–Trinajstić information content (AvgIpc) is 2.14. The van der Waals surface area contributed by atoms with E-state index in [2.05, 4.69) is 4.98 Å². The van der Waals surface area contributed by atoms with Gasteiger partial charge >= 0.3 is 41.3 Å². The van der Waals surface area contributed by atoms with Crippen molar-refractivity contribution < 1.29 is 0 Å². The van der Waals surface area contributed by atoms with Gasteiger partial charge in [0.05, 0.1) is 0 Å². The van der Waals surface area contributed by atoms with E-state index in [0.717, 1.165) is 5.59 Å². The van der Waals surface area contributed by atoms with Crippen molar-refractivity contribution in [2.45, 2.75) is 0 Å². The summed E-state index contributed by atoms with van der Waals surface area (Å²) in [6.45, 7) is 0. The summed E-state index contributed by atoms with van der Waals surface area (Å²) < 4.78 is 0. The fourth-order valence-corrected chi connectivity index (χ4v) is 0.434. The minimum atomic E-state index is 0.847. The Morgan fingerprint density at radius 2 is 2.57 bits per heavy atom. The van der Waals surface area contributed by atoms with Crippen molar-refractivity contribution in [1.29, 1.82) is 5.31 Å². The van der Waals surface area contributed by atoms with E-state index in [1.807, 2.05) is 12.1 Å². The van der Waals surface area contributed by atoms with Gasteiger partial charge in [-0.05, 0) is 0 Å². The van der Waals surface area contributed by atoms with Gasteiger partial charge in [0.15, 0.2) is 0 Å². The summed E-state index contributed by atoms with van der Waals surface area (Å²) in [7, 11) is 1.28. The Morgan fingerprint density at radius 1 is 1.71 bits per heavy atom. The number of hydrogen-bond acceptors (Lipinski definition) is 1. The van der Waals surface area contributed by atoms with Crippen LogP contribution in [-0.2, 0) is 0 Å². The van der Waals surface area contributed by atoms with Gasteiger partial charge in [-0.1, -0.05) is 0 Å². The molecule has 0 fully saturated rings. The summed E-state index contributed by atoms with van der Waals surface area (Å²) >= 11 is 0. The number of hydrogen-bond donors (Lipinski definition) is 2. The van der Waals surface area contributed by atoms with Gasteiger partial charge in [-0.3, -0.25) is 0 Å². The predicted molar refractivity (Wildman–Crippen MR) is 28.9 cm³/mol. The summed E-state index contributed by atoms with van der Waals surface area (Å²) in [6.07, 6.45) is 1.79. The minimum absolute atomic E-state index is 0.847. The van der Waals surface area contributed by atoms with E-state index in [1.54, 1.807) is 6.20 Å². The predicted octanol–water partition coefficient (Wildman–Crippen LogP) is 0.107. The van der Waals surface area contributed by atoms with Gasteiger partial charge in [0.25, 0.3) is 0 Å². The third-order valence-electron chi connectivity index (χ3n) is 0.778. The first-order valence-corrected chi connectivity index (χ1v) is 2.07. The number of H-pyrrole nitrogens is 1. The van der Waals surface area contributed by atoms with Crippen LogP contribution < -0.4 is 5.59 Å². The van der Waals surface area contributed by atoms with Crippen molar-refractivity contribution in [3.63, 3.8) is 0 Å². The molecule has 1 aromatic heterocycles. The van der Waals surface area contributed by atoms with Gasteiger partial charge in [-0.25, -0.2) is 0 Å². The number of aromatic nitrogens is 1. The zero-order valence-corrected chi connectivity index (χ0v) is 3.81. The van der Waals surface area contributed by atoms with E-state index in [-0.39, 0.29) is 0 Å². The zero-order valence-electron chi connectivity index (χ0n) is 3.81. The van der Waals surface area contributed by atoms with Crippen LogP contribution in [0, 0.1) is 5.31 Å². The van der Waals surface area contributed by atoms with Crippen molar-refractivity contribution in [2.75, 3.05) is 0 Å². The Kier molecular flexibility index (Phi) is 1.07. The quantitative estimate of drug-likeness (QED) is 0.461. The van der Waals surface area contributed by atoms with Crippen LogP contribution >= 0.6 is 0 Å². The standard InChI is InChI=1S/C4H5BN2/c6-5-4-2-1-3-7-4/h1-3,6-7H. The second kappa shape index (κ2) is 1.73. The fraction of sp³-hybridized carbons (Fsp3) is 0. The summed E-state index contributed by atoms with van der Waals surface area (Å²) in [5.41, 5.74) is 0.847. The summed E-state index contributed by atoms with van der Waals surface area (Å²) in [6, 6.07) is 3.70. The molecule has 0 aliphatic rings.